The second kappa shape index (κ2) is 16.9. The van der Waals surface area contributed by atoms with Crippen LogP contribution in [0.25, 0.3) is 11.3 Å². The third kappa shape index (κ3) is 7.89. The number of aromatic amines is 2. The van der Waals surface area contributed by atoms with Gasteiger partial charge in [0.05, 0.1) is 37.2 Å². The van der Waals surface area contributed by atoms with Gasteiger partial charge in [0.1, 0.15) is 23.7 Å². The Balaban J connectivity index is 0.897. The highest BCUT2D eigenvalue weighted by molar-refractivity contribution is 5.88. The summed E-state index contributed by atoms with van der Waals surface area (Å²) in [7, 11) is 1.31. The molecule has 6 aliphatic rings. The van der Waals surface area contributed by atoms with E-state index in [0.29, 0.717) is 26.1 Å². The van der Waals surface area contributed by atoms with Crippen LogP contribution >= 0.6 is 0 Å². The maximum atomic E-state index is 13.9. The van der Waals surface area contributed by atoms with Gasteiger partial charge >= 0.3 is 12.1 Å². The highest BCUT2D eigenvalue weighted by Gasteiger charge is 2.51. The fraction of sp³-hybridized carbons (Fsp3) is 0.644. The predicted octanol–water partition coefficient (Wildman–Crippen LogP) is 5.85. The topological polar surface area (TPSA) is 189 Å². The fourth-order valence-electron chi connectivity index (χ4n) is 10.8. The van der Waals surface area contributed by atoms with Gasteiger partial charge in [-0.3, -0.25) is 9.59 Å². The number of ether oxygens (including phenoxy) is 1. The van der Waals surface area contributed by atoms with Gasteiger partial charge in [-0.25, -0.2) is 19.6 Å². The first-order valence-electron chi connectivity index (χ1n) is 22.2. The minimum atomic E-state index is -0.666. The van der Waals surface area contributed by atoms with E-state index in [0.717, 1.165) is 87.1 Å². The molecule has 5 atom stereocenters. The molecular weight excluding hydrogens is 763 g/mol. The Kier molecular flexibility index (Phi) is 11.7. The number of rotatable bonds is 11. The van der Waals surface area contributed by atoms with Gasteiger partial charge in [0.25, 0.3) is 0 Å². The number of hydrogen-bond acceptors (Lipinski definition) is 8. The standard InChI is InChI=1S/C45H63N9O6/c1-27(2)36(50-42(58)52-23-14-31(55)26-52)40(56)53-21-6-8-33(53)38-46-24-32(48-38)29-10-12-30(13-11-29)44-15-18-45(19-16-44,20-17-44)35-25-47-39(49-35)34-9-7-22-54(34)41(57)37(28(3)4)51-43(59)60-5/h10-13,24-25,27-28,31,33-34,36-37,55H,6-9,14-23,26H2,1-5H3,(H,46,48)(H,47,49)(H,50,58)(H,51,59)/t31-,33-,34-,36-,37-,44?,45?/m0/s1. The summed E-state index contributed by atoms with van der Waals surface area (Å²) in [6.45, 7) is 9.76. The molecule has 5 N–H and O–H groups in total. The van der Waals surface area contributed by atoms with Gasteiger partial charge in [0.15, 0.2) is 0 Å². The molecule has 15 nitrogen and oxygen atoms in total. The molecule has 3 saturated heterocycles. The van der Waals surface area contributed by atoms with E-state index in [4.69, 9.17) is 14.7 Å². The molecule has 5 amide bonds. The number of nitrogens with one attached hydrogen (secondary N) is 4. The second-order valence-corrected chi connectivity index (χ2v) is 18.8. The fourth-order valence-corrected chi connectivity index (χ4v) is 10.8. The second-order valence-electron chi connectivity index (χ2n) is 18.8. The van der Waals surface area contributed by atoms with Gasteiger partial charge in [-0.05, 0) is 99.0 Å². The predicted molar refractivity (Wildman–Crippen MR) is 225 cm³/mol. The van der Waals surface area contributed by atoms with Crippen LogP contribution in [0.3, 0.4) is 0 Å². The van der Waals surface area contributed by atoms with Crippen molar-refractivity contribution in [1.82, 2.24) is 45.3 Å². The Labute approximate surface area is 352 Å². The Hall–Kier alpha value is -4.92. The first-order valence-corrected chi connectivity index (χ1v) is 22.2. The van der Waals surface area contributed by atoms with Crippen molar-refractivity contribution in [3.8, 4) is 11.3 Å². The molecular formula is C45H63N9O6. The zero-order valence-electron chi connectivity index (χ0n) is 35.8. The van der Waals surface area contributed by atoms with Crippen LogP contribution in [-0.4, -0.2) is 115 Å². The van der Waals surface area contributed by atoms with Crippen molar-refractivity contribution in [1.29, 1.82) is 0 Å². The molecule has 0 radical (unpaired) electrons. The zero-order valence-corrected chi connectivity index (χ0v) is 35.8. The number of amides is 5. The van der Waals surface area contributed by atoms with E-state index in [1.165, 1.54) is 18.4 Å². The number of H-pyrrole nitrogens is 2. The number of β-amino-alcohol motifs (C(OH)–C–C–N with tert-alkyl or cyclic N) is 1. The number of carbonyl (C=O) groups excluding carboxylic acids is 4. The van der Waals surface area contributed by atoms with E-state index in [2.05, 4.69) is 44.9 Å². The SMILES string of the molecule is COC(=O)N[C@H](C(=O)N1CCC[C@H]1c1ncc(C23CCC(c4ccc(-c5cnc([C@@H]6CCCN6C(=O)[C@@H](NC(=O)N6CC[C@H](O)C6)C(C)C)[nH]5)cc4)(CC2)CC3)[nH]1)C(C)C. The summed E-state index contributed by atoms with van der Waals surface area (Å²) >= 11 is 0. The Morgan fingerprint density at radius 3 is 1.85 bits per heavy atom. The monoisotopic (exact) mass is 825 g/mol. The number of alkyl carbamates (subject to hydrolysis) is 1. The Morgan fingerprint density at radius 1 is 0.750 bits per heavy atom. The Morgan fingerprint density at radius 2 is 1.30 bits per heavy atom. The molecule has 9 rings (SSSR count). The van der Waals surface area contributed by atoms with E-state index in [1.807, 2.05) is 49.9 Å². The summed E-state index contributed by atoms with van der Waals surface area (Å²) in [5.41, 5.74) is 4.71. The van der Waals surface area contributed by atoms with Gasteiger partial charge < -0.3 is 45.1 Å². The highest BCUT2D eigenvalue weighted by atomic mass is 16.5. The number of imidazole rings is 2. The van der Waals surface area contributed by atoms with Gasteiger partial charge in [0, 0.05) is 43.5 Å². The normalized spacial score (nSPS) is 27.5. The largest absolute Gasteiger partial charge is 0.453 e. The van der Waals surface area contributed by atoms with Crippen LogP contribution in [0.4, 0.5) is 9.59 Å². The van der Waals surface area contributed by atoms with Crippen molar-refractivity contribution < 1.29 is 29.0 Å². The molecule has 3 saturated carbocycles. The number of urea groups is 1. The summed E-state index contributed by atoms with van der Waals surface area (Å²) in [5.74, 6) is 1.21. The van der Waals surface area contributed by atoms with Crippen LogP contribution in [0.5, 0.6) is 0 Å². The molecule has 3 aromatic rings. The molecule has 0 unspecified atom stereocenters. The lowest BCUT2D eigenvalue weighted by Gasteiger charge is -2.53. The minimum absolute atomic E-state index is 0.0489. The summed E-state index contributed by atoms with van der Waals surface area (Å²) < 4.78 is 4.80. The summed E-state index contributed by atoms with van der Waals surface area (Å²) in [6, 6.07) is 6.98. The molecule has 0 spiro atoms. The van der Waals surface area contributed by atoms with E-state index >= 15 is 0 Å². The zero-order chi connectivity index (χ0) is 42.3. The van der Waals surface area contributed by atoms with Crippen LogP contribution in [0.15, 0.2) is 36.7 Å². The van der Waals surface area contributed by atoms with Gasteiger partial charge in [-0.15, -0.1) is 0 Å². The summed E-state index contributed by atoms with van der Waals surface area (Å²) in [5, 5.41) is 15.6. The van der Waals surface area contributed by atoms with E-state index in [9.17, 15) is 24.3 Å². The minimum Gasteiger partial charge on any atom is -0.453 e. The molecule has 2 bridgehead atoms. The number of aromatic nitrogens is 4. The van der Waals surface area contributed by atoms with Crippen molar-refractivity contribution >= 4 is 23.9 Å². The molecule has 5 heterocycles. The van der Waals surface area contributed by atoms with Crippen LogP contribution in [0.1, 0.15) is 133 Å². The van der Waals surface area contributed by atoms with Crippen molar-refractivity contribution in [3.05, 3.63) is 59.6 Å². The van der Waals surface area contributed by atoms with Crippen LogP contribution in [-0.2, 0) is 25.2 Å². The third-order valence-corrected chi connectivity index (χ3v) is 14.6. The number of likely N-dealkylation sites (tertiary alicyclic amines) is 3. The first kappa shape index (κ1) is 41.8. The van der Waals surface area contributed by atoms with Gasteiger partial charge in [-0.2, -0.15) is 0 Å². The number of fused-ring (bicyclic) bond motifs is 3. The molecule has 3 aliphatic carbocycles. The van der Waals surface area contributed by atoms with Gasteiger partial charge in [0.2, 0.25) is 11.8 Å². The first-order chi connectivity index (χ1) is 28.8. The quantitative estimate of drug-likeness (QED) is 0.159. The number of aliphatic hydroxyl groups is 1. The van der Waals surface area contributed by atoms with Crippen LogP contribution in [0, 0.1) is 11.8 Å². The summed E-state index contributed by atoms with van der Waals surface area (Å²) in [6.07, 6.45) is 13.2. The molecule has 1 aromatic carbocycles. The van der Waals surface area contributed by atoms with E-state index in [1.54, 1.807) is 4.90 Å². The van der Waals surface area contributed by atoms with E-state index < -0.39 is 24.3 Å². The lowest BCUT2D eigenvalue weighted by atomic mass is 9.51. The maximum absolute atomic E-state index is 13.9. The molecule has 6 fully saturated rings. The number of aliphatic hydroxyl groups excluding tert-OH is 1. The average Bonchev–Trinajstić information content (AvgIpc) is 4.11. The lowest BCUT2D eigenvalue weighted by Crippen LogP contribution is -2.54. The number of nitrogens with zero attached hydrogens (tertiary/aromatic N) is 5. The van der Waals surface area contributed by atoms with Crippen molar-refractivity contribution in [2.24, 2.45) is 11.8 Å². The molecule has 2 aromatic heterocycles. The van der Waals surface area contributed by atoms with Crippen molar-refractivity contribution in [2.45, 2.75) is 139 Å². The molecule has 3 aliphatic heterocycles. The third-order valence-electron chi connectivity index (χ3n) is 14.6. The molecule has 324 valence electrons. The number of benzene rings is 1. The van der Waals surface area contributed by atoms with E-state index in [-0.39, 0.29) is 59.1 Å². The van der Waals surface area contributed by atoms with Crippen molar-refractivity contribution in [3.63, 3.8) is 0 Å². The lowest BCUT2D eigenvalue weighted by molar-refractivity contribution is -0.136. The molecule has 15 heteroatoms. The van der Waals surface area contributed by atoms with Crippen LogP contribution < -0.4 is 10.6 Å². The number of methoxy groups -OCH3 is 1. The molecule has 60 heavy (non-hydrogen) atoms. The van der Waals surface area contributed by atoms with Crippen molar-refractivity contribution in [2.75, 3.05) is 33.3 Å². The highest BCUT2D eigenvalue weighted by Crippen LogP contribution is 2.58. The Bertz CT molecular complexity index is 2020. The smallest absolute Gasteiger partial charge is 0.407 e. The number of carbonyl (C=O) groups is 4. The maximum Gasteiger partial charge on any atom is 0.407 e. The average molecular weight is 826 g/mol. The van der Waals surface area contributed by atoms with Crippen LogP contribution in [0.2, 0.25) is 0 Å². The number of hydrogen-bond donors (Lipinski definition) is 5. The van der Waals surface area contributed by atoms with Gasteiger partial charge in [-0.1, -0.05) is 52.0 Å². The summed E-state index contributed by atoms with van der Waals surface area (Å²) in [4.78, 5) is 74.9.